The average molecular weight is 740 g/mol. The molecule has 4 aromatic rings. The molecule has 2 heterocycles. The lowest BCUT2D eigenvalue weighted by atomic mass is 10.0. The summed E-state index contributed by atoms with van der Waals surface area (Å²) in [5, 5.41) is 0.454. The number of rotatable bonds is 14. The number of nitrogens with one attached hydrogen (secondary N) is 1. The van der Waals surface area contributed by atoms with Gasteiger partial charge >= 0.3 is 12.6 Å². The molecule has 1 N–H and O–H groups in total. The van der Waals surface area contributed by atoms with E-state index in [1.54, 1.807) is 0 Å². The molecule has 260 valence electrons. The van der Waals surface area contributed by atoms with E-state index in [-0.39, 0.29) is 62.4 Å². The number of alkyl halides is 2. The van der Waals surface area contributed by atoms with E-state index in [0.717, 1.165) is 22.9 Å². The van der Waals surface area contributed by atoms with E-state index in [9.17, 15) is 26.8 Å². The minimum atomic E-state index is -4.45. The predicted octanol–water partition coefficient (Wildman–Crippen LogP) is 6.09. The zero-order valence-corrected chi connectivity index (χ0v) is 28.8. The Hall–Kier alpha value is -4.40. The fraction of sp³-hybridized carbons (Fsp3) is 0.303. The van der Waals surface area contributed by atoms with Crippen LogP contribution in [-0.2, 0) is 21.2 Å². The fourth-order valence-electron chi connectivity index (χ4n) is 4.90. The smallest absolute Gasteiger partial charge is 0.387 e. The zero-order chi connectivity index (χ0) is 35.5. The molecule has 1 aliphatic rings. The summed E-state index contributed by atoms with van der Waals surface area (Å²) >= 11 is 12.9. The van der Waals surface area contributed by atoms with Crippen LogP contribution in [0.1, 0.15) is 50.9 Å². The maximum atomic E-state index is 13.9. The minimum absolute atomic E-state index is 0.00207. The number of aromatic amines is 1. The number of carbonyl (C=O) groups is 2. The summed E-state index contributed by atoms with van der Waals surface area (Å²) in [6, 6.07) is 10.5. The minimum Gasteiger partial charge on any atom is -0.496 e. The van der Waals surface area contributed by atoms with Crippen molar-refractivity contribution in [3.8, 4) is 17.2 Å². The molecule has 2 aromatic heterocycles. The highest BCUT2D eigenvalue weighted by molar-refractivity contribution is 7.90. The van der Waals surface area contributed by atoms with Crippen molar-refractivity contribution < 1.29 is 50.7 Å². The first kappa shape index (κ1) is 35.9. The van der Waals surface area contributed by atoms with E-state index in [4.69, 9.17) is 37.4 Å². The van der Waals surface area contributed by atoms with Gasteiger partial charge in [0.1, 0.15) is 27.6 Å². The van der Waals surface area contributed by atoms with E-state index in [1.165, 1.54) is 87.2 Å². The Balaban J connectivity index is 1.52. The maximum absolute atomic E-state index is 13.9. The van der Waals surface area contributed by atoms with Gasteiger partial charge in [-0.3, -0.25) is 4.79 Å². The summed E-state index contributed by atoms with van der Waals surface area (Å²) in [5.74, 6) is -1.29. The molecule has 16 heteroatoms. The first-order valence-electron chi connectivity index (χ1n) is 14.9. The lowest BCUT2D eigenvalue weighted by Gasteiger charge is -2.21. The molecule has 11 nitrogen and oxygen atoms in total. The highest BCUT2D eigenvalue weighted by atomic mass is 35.5. The van der Waals surface area contributed by atoms with Crippen molar-refractivity contribution in [3.05, 3.63) is 99.6 Å². The van der Waals surface area contributed by atoms with Crippen molar-refractivity contribution in [3.63, 3.8) is 0 Å². The highest BCUT2D eigenvalue weighted by Gasteiger charge is 2.30. The van der Waals surface area contributed by atoms with Crippen LogP contribution >= 0.6 is 23.2 Å². The number of hydrogen-bond donors (Lipinski definition) is 0. The number of nitrogens with zero attached hydrogens (tertiary/aromatic N) is 2. The standard InChI is InChI=1S/C33H31Cl2F2N3O8S/c1-39(2)31(41)23-14-21(9-11-27(23)45-3)49(43,44)40-12-4-5-26(40)32(42)47-29(15-22-24(34)16-38-17-25(22)35)20-8-10-28(48-33(36)37)30(13-20)46-18-19-6-7-19/h4-5,8-14,16-17,19,29,33H,6-7,15,18H2,1-3H3/p+1/t29-/m0/s1. The Morgan fingerprint density at radius 3 is 2.35 bits per heavy atom. The largest absolute Gasteiger partial charge is 0.496 e. The van der Waals surface area contributed by atoms with E-state index < -0.39 is 34.6 Å². The maximum Gasteiger partial charge on any atom is 0.387 e. The van der Waals surface area contributed by atoms with Crippen molar-refractivity contribution in [1.82, 2.24) is 8.87 Å². The van der Waals surface area contributed by atoms with Gasteiger partial charge in [-0.1, -0.05) is 29.3 Å². The van der Waals surface area contributed by atoms with E-state index in [2.05, 4.69) is 9.72 Å². The molecule has 2 aromatic carbocycles. The molecular weight excluding hydrogens is 707 g/mol. The van der Waals surface area contributed by atoms with Crippen molar-refractivity contribution in [2.24, 2.45) is 5.92 Å². The third-order valence-electron chi connectivity index (χ3n) is 7.65. The second-order valence-corrected chi connectivity index (χ2v) is 14.0. The monoisotopic (exact) mass is 738 g/mol. The van der Waals surface area contributed by atoms with Gasteiger partial charge in [0.05, 0.1) is 24.2 Å². The second-order valence-electron chi connectivity index (χ2n) is 11.3. The van der Waals surface area contributed by atoms with Gasteiger partial charge in [-0.15, -0.1) is 0 Å². The number of pyridine rings is 1. The number of H-pyrrole nitrogens is 1. The molecule has 0 aliphatic heterocycles. The first-order valence-corrected chi connectivity index (χ1v) is 17.1. The third-order valence-corrected chi connectivity index (χ3v) is 10.0. The SMILES string of the molecule is COc1ccc(S(=O)(=O)n2cccc2C(=O)O[C@@H](Cc2c(Cl)c[nH+]cc2Cl)c2ccc(OC(F)F)c(OCC3CC3)c2)cc1C(=O)N(C)C. The molecule has 0 bridgehead atoms. The molecule has 1 aliphatic carbocycles. The number of amides is 1. The van der Waals surface area contributed by atoms with Crippen LogP contribution in [0.3, 0.4) is 0 Å². The Labute approximate surface area is 291 Å². The Kier molecular flexibility index (Phi) is 11.0. The number of ether oxygens (including phenoxy) is 4. The molecule has 49 heavy (non-hydrogen) atoms. The number of carbonyl (C=O) groups excluding carboxylic acids is 2. The van der Waals surface area contributed by atoms with Gasteiger partial charge in [0.2, 0.25) is 0 Å². The van der Waals surface area contributed by atoms with Crippen LogP contribution in [0.15, 0.2) is 72.0 Å². The van der Waals surface area contributed by atoms with E-state index >= 15 is 0 Å². The van der Waals surface area contributed by atoms with Gasteiger partial charge in [-0.25, -0.2) is 22.2 Å². The number of hydrogen-bond acceptors (Lipinski definition) is 8. The Morgan fingerprint density at radius 1 is 1.02 bits per heavy atom. The Morgan fingerprint density at radius 2 is 1.71 bits per heavy atom. The molecule has 0 radical (unpaired) electrons. The molecular formula is C33H32Cl2F2N3O8S+. The second kappa shape index (κ2) is 15.0. The van der Waals surface area contributed by atoms with Gasteiger partial charge in [0, 0.05) is 32.3 Å². The van der Waals surface area contributed by atoms with Crippen LogP contribution < -0.4 is 19.2 Å². The quantitative estimate of drug-likeness (QED) is 0.142. The molecule has 0 spiro atoms. The number of aromatic nitrogens is 2. The third kappa shape index (κ3) is 8.26. The van der Waals surface area contributed by atoms with Crippen molar-refractivity contribution in [2.45, 2.75) is 36.9 Å². The normalized spacial score (nSPS) is 13.6. The molecule has 0 saturated heterocycles. The van der Waals surface area contributed by atoms with Crippen LogP contribution in [0, 0.1) is 5.92 Å². The van der Waals surface area contributed by atoms with Gasteiger partial charge in [-0.05, 0) is 66.8 Å². The highest BCUT2D eigenvalue weighted by Crippen LogP contribution is 2.38. The van der Waals surface area contributed by atoms with Crippen LogP contribution in [0.5, 0.6) is 17.2 Å². The van der Waals surface area contributed by atoms with E-state index in [1.807, 2.05) is 0 Å². The molecule has 1 atom stereocenters. The van der Waals surface area contributed by atoms with E-state index in [0.29, 0.717) is 11.1 Å². The van der Waals surface area contributed by atoms with Gasteiger partial charge in [0.25, 0.3) is 15.9 Å². The summed E-state index contributed by atoms with van der Waals surface area (Å²) < 4.78 is 76.6. The van der Waals surface area contributed by atoms with Crippen LogP contribution in [0.25, 0.3) is 0 Å². The summed E-state index contributed by atoms with van der Waals surface area (Å²) in [7, 11) is -0.0814. The number of methoxy groups -OCH3 is 1. The van der Waals surface area contributed by atoms with Crippen molar-refractivity contribution >= 4 is 45.1 Å². The Bertz CT molecular complexity index is 1950. The molecule has 5 rings (SSSR count). The lowest BCUT2D eigenvalue weighted by molar-refractivity contribution is -0.377. The summed E-state index contributed by atoms with van der Waals surface area (Å²) in [5.41, 5.74) is 0.344. The summed E-state index contributed by atoms with van der Waals surface area (Å²) in [6.45, 7) is -2.84. The topological polar surface area (TPSA) is 128 Å². The lowest BCUT2D eigenvalue weighted by Crippen LogP contribution is -2.24. The van der Waals surface area contributed by atoms with Crippen molar-refractivity contribution in [2.75, 3.05) is 27.8 Å². The molecule has 1 fully saturated rings. The number of halogens is 4. The average Bonchev–Trinajstić information content (AvgIpc) is 3.76. The molecule has 1 saturated carbocycles. The molecule has 1 amide bonds. The van der Waals surface area contributed by atoms with Gasteiger partial charge < -0.3 is 23.8 Å². The molecule has 0 unspecified atom stereocenters. The van der Waals surface area contributed by atoms with Crippen LogP contribution in [0.4, 0.5) is 8.78 Å². The van der Waals surface area contributed by atoms with Gasteiger partial charge in [0.15, 0.2) is 23.9 Å². The fourth-order valence-corrected chi connectivity index (χ4v) is 6.79. The van der Waals surface area contributed by atoms with Crippen molar-refractivity contribution in [1.29, 1.82) is 0 Å². The first-order chi connectivity index (χ1) is 23.3. The van der Waals surface area contributed by atoms with Crippen LogP contribution in [0.2, 0.25) is 10.0 Å². The summed E-state index contributed by atoms with van der Waals surface area (Å²) in [4.78, 5) is 30.4. The number of esters is 1. The predicted molar refractivity (Wildman–Crippen MR) is 174 cm³/mol. The number of benzene rings is 2. The summed E-state index contributed by atoms with van der Waals surface area (Å²) in [6.07, 6.45) is 4.76. The zero-order valence-electron chi connectivity index (χ0n) is 26.5. The van der Waals surface area contributed by atoms with Gasteiger partial charge in [-0.2, -0.15) is 8.78 Å². The van der Waals surface area contributed by atoms with Crippen LogP contribution in [-0.4, -0.2) is 63.6 Å².